The van der Waals surface area contributed by atoms with Gasteiger partial charge in [-0.25, -0.2) is 4.79 Å². The molecule has 2 fully saturated rings. The maximum Gasteiger partial charge on any atom is 0.420 e. The second-order valence-corrected chi connectivity index (χ2v) is 9.06. The van der Waals surface area contributed by atoms with Crippen LogP contribution in [-0.2, 0) is 4.79 Å². The third-order valence-electron chi connectivity index (χ3n) is 6.00. The van der Waals surface area contributed by atoms with E-state index in [1.807, 2.05) is 4.90 Å². The molecular weight excluding hydrogens is 378 g/mol. The number of piperidine rings is 2. The van der Waals surface area contributed by atoms with Crippen molar-refractivity contribution in [1.82, 2.24) is 14.4 Å². The van der Waals surface area contributed by atoms with Crippen molar-refractivity contribution in [3.8, 4) is 0 Å². The van der Waals surface area contributed by atoms with Crippen LogP contribution >= 0.6 is 11.6 Å². The largest absolute Gasteiger partial charge is 0.420 e. The Morgan fingerprint density at radius 3 is 2.71 bits per heavy atom. The highest BCUT2D eigenvalue weighted by Crippen LogP contribution is 2.27. The molecule has 2 aromatic rings. The van der Waals surface area contributed by atoms with Gasteiger partial charge in [0.05, 0.1) is 18.1 Å². The predicted molar refractivity (Wildman–Crippen MR) is 110 cm³/mol. The number of carbonyl (C=O) groups excluding carboxylic acids is 1. The van der Waals surface area contributed by atoms with E-state index in [1.54, 1.807) is 22.8 Å². The van der Waals surface area contributed by atoms with Crippen molar-refractivity contribution in [2.45, 2.75) is 39.2 Å². The molecule has 3 heterocycles. The number of hydrogen-bond donors (Lipinski definition) is 0. The first-order valence-corrected chi connectivity index (χ1v) is 10.6. The van der Waals surface area contributed by atoms with Gasteiger partial charge in [-0.1, -0.05) is 25.4 Å². The molecule has 7 heteroatoms. The minimum atomic E-state index is -0.353. The van der Waals surface area contributed by atoms with Crippen LogP contribution in [0.5, 0.6) is 0 Å². The Morgan fingerprint density at radius 1 is 1.21 bits per heavy atom. The second-order valence-electron chi connectivity index (χ2n) is 8.63. The van der Waals surface area contributed by atoms with E-state index in [9.17, 15) is 9.59 Å². The van der Waals surface area contributed by atoms with E-state index in [0.29, 0.717) is 35.5 Å². The molecule has 0 N–H and O–H groups in total. The Bertz CT molecular complexity index is 911. The van der Waals surface area contributed by atoms with Crippen molar-refractivity contribution in [2.24, 2.45) is 11.8 Å². The van der Waals surface area contributed by atoms with Gasteiger partial charge in [0.1, 0.15) is 0 Å². The zero-order chi connectivity index (χ0) is 19.8. The standard InChI is InChI=1S/C21H28ClN3O3/c1-14-8-15(2)11-24(10-14)20(26)13-23-7-3-4-17(12-23)25-18-9-16(22)5-6-19(18)28-21(25)27/h5-6,9,14-15,17H,3-4,7-8,10-13H2,1-2H3/t14-,15+,17-/m1/s1. The molecule has 4 rings (SSSR count). The van der Waals surface area contributed by atoms with Crippen molar-refractivity contribution < 1.29 is 9.21 Å². The maximum absolute atomic E-state index is 12.9. The summed E-state index contributed by atoms with van der Waals surface area (Å²) in [5.74, 6) is 0.963. The zero-order valence-electron chi connectivity index (χ0n) is 16.6. The highest BCUT2D eigenvalue weighted by Gasteiger charge is 2.30. The van der Waals surface area contributed by atoms with Crippen molar-refractivity contribution in [3.05, 3.63) is 33.8 Å². The number of amides is 1. The lowest BCUT2D eigenvalue weighted by Crippen LogP contribution is -2.49. The number of halogens is 1. The quantitative estimate of drug-likeness (QED) is 0.785. The molecule has 28 heavy (non-hydrogen) atoms. The van der Waals surface area contributed by atoms with Crippen LogP contribution < -0.4 is 5.76 Å². The molecule has 0 unspecified atom stereocenters. The van der Waals surface area contributed by atoms with Gasteiger partial charge in [-0.15, -0.1) is 0 Å². The number of aromatic nitrogens is 1. The third-order valence-corrected chi connectivity index (χ3v) is 6.24. The summed E-state index contributed by atoms with van der Waals surface area (Å²) in [6.45, 7) is 8.11. The summed E-state index contributed by atoms with van der Waals surface area (Å²) in [7, 11) is 0. The van der Waals surface area contributed by atoms with E-state index in [-0.39, 0.29) is 17.7 Å². The number of benzene rings is 1. The Hall–Kier alpha value is -1.79. The van der Waals surface area contributed by atoms with Gasteiger partial charge in [0.25, 0.3) is 0 Å². The first kappa shape index (κ1) is 19.5. The molecule has 0 saturated carbocycles. The third kappa shape index (κ3) is 3.98. The topological polar surface area (TPSA) is 58.7 Å². The Balaban J connectivity index is 1.48. The number of rotatable bonds is 3. The number of carbonyl (C=O) groups is 1. The van der Waals surface area contributed by atoms with Crippen molar-refractivity contribution >= 4 is 28.6 Å². The van der Waals surface area contributed by atoms with Crippen LogP contribution in [0.2, 0.25) is 5.02 Å². The molecule has 2 saturated heterocycles. The summed E-state index contributed by atoms with van der Waals surface area (Å²) in [5, 5.41) is 0.582. The normalized spacial score (nSPS) is 26.7. The summed E-state index contributed by atoms with van der Waals surface area (Å²) < 4.78 is 7.11. The minimum Gasteiger partial charge on any atom is -0.408 e. The van der Waals surface area contributed by atoms with Crippen molar-refractivity contribution in [2.75, 3.05) is 32.7 Å². The van der Waals surface area contributed by atoms with Gasteiger partial charge in [0.2, 0.25) is 5.91 Å². The number of hydrogen-bond acceptors (Lipinski definition) is 4. The molecule has 0 bridgehead atoms. The highest BCUT2D eigenvalue weighted by atomic mass is 35.5. The van der Waals surface area contributed by atoms with E-state index >= 15 is 0 Å². The summed E-state index contributed by atoms with van der Waals surface area (Å²) in [6, 6.07) is 5.23. The van der Waals surface area contributed by atoms with Crippen molar-refractivity contribution in [3.63, 3.8) is 0 Å². The summed E-state index contributed by atoms with van der Waals surface area (Å²) >= 11 is 6.13. The van der Waals surface area contributed by atoms with E-state index in [0.717, 1.165) is 38.0 Å². The number of fused-ring (bicyclic) bond motifs is 1. The molecule has 2 aliphatic rings. The average Bonchev–Trinajstić information content (AvgIpc) is 2.96. The van der Waals surface area contributed by atoms with E-state index in [2.05, 4.69) is 18.7 Å². The molecule has 0 spiro atoms. The lowest BCUT2D eigenvalue weighted by atomic mass is 9.92. The highest BCUT2D eigenvalue weighted by molar-refractivity contribution is 6.31. The molecule has 0 radical (unpaired) electrons. The van der Waals surface area contributed by atoms with Crippen LogP contribution in [0.4, 0.5) is 0 Å². The monoisotopic (exact) mass is 405 g/mol. The fourth-order valence-electron chi connectivity index (χ4n) is 4.90. The van der Waals surface area contributed by atoms with Crippen LogP contribution in [0.1, 0.15) is 39.2 Å². The van der Waals surface area contributed by atoms with Gasteiger partial charge in [-0.2, -0.15) is 0 Å². The van der Waals surface area contributed by atoms with Gasteiger partial charge >= 0.3 is 5.76 Å². The fourth-order valence-corrected chi connectivity index (χ4v) is 5.06. The van der Waals surface area contributed by atoms with Gasteiger partial charge in [0, 0.05) is 24.7 Å². The molecule has 3 atom stereocenters. The first-order valence-electron chi connectivity index (χ1n) is 10.2. The molecule has 6 nitrogen and oxygen atoms in total. The molecule has 152 valence electrons. The van der Waals surface area contributed by atoms with Crippen LogP contribution in [0.25, 0.3) is 11.1 Å². The number of nitrogens with zero attached hydrogens (tertiary/aromatic N) is 3. The predicted octanol–water partition coefficient (Wildman–Crippen LogP) is 3.39. The number of likely N-dealkylation sites (tertiary alicyclic amines) is 2. The average molecular weight is 406 g/mol. The van der Waals surface area contributed by atoms with Gasteiger partial charge in [0.15, 0.2) is 5.58 Å². The minimum absolute atomic E-state index is 0.00651. The Kier molecular flexibility index (Phi) is 5.52. The number of oxazole rings is 1. The summed E-state index contributed by atoms with van der Waals surface area (Å²) in [6.07, 6.45) is 3.03. The summed E-state index contributed by atoms with van der Waals surface area (Å²) in [4.78, 5) is 29.5. The molecule has 1 aromatic heterocycles. The lowest BCUT2D eigenvalue weighted by molar-refractivity contribution is -0.135. The van der Waals surface area contributed by atoms with Crippen LogP contribution in [0.15, 0.2) is 27.4 Å². The fraction of sp³-hybridized carbons (Fsp3) is 0.619. The van der Waals surface area contributed by atoms with Gasteiger partial charge in [-0.3, -0.25) is 14.3 Å². The SMILES string of the molecule is C[C@@H]1C[C@H](C)CN(C(=O)CN2CCC[C@@H](n3c(=O)oc4ccc(Cl)cc43)C2)C1. The Morgan fingerprint density at radius 2 is 1.96 bits per heavy atom. The maximum atomic E-state index is 12.9. The smallest absolute Gasteiger partial charge is 0.408 e. The van der Waals surface area contributed by atoms with E-state index in [4.69, 9.17) is 16.0 Å². The molecule has 1 amide bonds. The molecular formula is C21H28ClN3O3. The lowest BCUT2D eigenvalue weighted by Gasteiger charge is -2.38. The van der Waals surface area contributed by atoms with Crippen molar-refractivity contribution in [1.29, 1.82) is 0 Å². The van der Waals surface area contributed by atoms with E-state index < -0.39 is 0 Å². The van der Waals surface area contributed by atoms with Crippen LogP contribution in [0.3, 0.4) is 0 Å². The van der Waals surface area contributed by atoms with Gasteiger partial charge in [-0.05, 0) is 55.8 Å². The summed E-state index contributed by atoms with van der Waals surface area (Å²) in [5.41, 5.74) is 1.29. The zero-order valence-corrected chi connectivity index (χ0v) is 17.3. The first-order chi connectivity index (χ1) is 13.4. The van der Waals surface area contributed by atoms with Crippen LogP contribution in [0, 0.1) is 11.8 Å². The molecule has 1 aromatic carbocycles. The Labute approximate surface area is 170 Å². The van der Waals surface area contributed by atoms with Gasteiger partial charge < -0.3 is 9.32 Å². The molecule has 0 aliphatic carbocycles. The van der Waals surface area contributed by atoms with Crippen LogP contribution in [-0.4, -0.2) is 53.0 Å². The van der Waals surface area contributed by atoms with E-state index in [1.165, 1.54) is 6.42 Å². The second kappa shape index (κ2) is 7.91. The molecule has 2 aliphatic heterocycles.